The summed E-state index contributed by atoms with van der Waals surface area (Å²) in [5, 5.41) is 8.08. The van der Waals surface area contributed by atoms with E-state index in [0.29, 0.717) is 12.1 Å². The number of carbonyl (C=O) groups excluding carboxylic acids is 1. The SMILES string of the molecule is CC(Cn1cccn1)NC(=O)c1cc(-c2cccnc2)nc2ccccc12. The predicted octanol–water partition coefficient (Wildman–Crippen LogP) is 3.31. The Kier molecular flexibility index (Phi) is 4.61. The van der Waals surface area contributed by atoms with Gasteiger partial charge in [0.15, 0.2) is 0 Å². The third-order valence-electron chi connectivity index (χ3n) is 4.32. The second-order valence-electron chi connectivity index (χ2n) is 6.42. The number of pyridine rings is 2. The van der Waals surface area contributed by atoms with Crippen molar-refractivity contribution < 1.29 is 4.79 Å². The Labute approximate surface area is 156 Å². The second kappa shape index (κ2) is 7.37. The summed E-state index contributed by atoms with van der Waals surface area (Å²) in [6.45, 7) is 2.57. The highest BCUT2D eigenvalue weighted by Gasteiger charge is 2.16. The molecule has 1 atom stereocenters. The zero-order valence-corrected chi connectivity index (χ0v) is 14.9. The molecular formula is C21H19N5O. The molecule has 0 aliphatic rings. The summed E-state index contributed by atoms with van der Waals surface area (Å²) in [4.78, 5) is 21.8. The van der Waals surface area contributed by atoms with Gasteiger partial charge in [0.2, 0.25) is 0 Å². The molecule has 3 aromatic heterocycles. The van der Waals surface area contributed by atoms with Crippen LogP contribution in [0.2, 0.25) is 0 Å². The maximum absolute atomic E-state index is 13.0. The summed E-state index contributed by atoms with van der Waals surface area (Å²) in [6, 6.07) is 15.1. The average molecular weight is 357 g/mol. The smallest absolute Gasteiger partial charge is 0.252 e. The van der Waals surface area contributed by atoms with Gasteiger partial charge in [-0.3, -0.25) is 14.5 Å². The lowest BCUT2D eigenvalue weighted by Crippen LogP contribution is -2.36. The third-order valence-corrected chi connectivity index (χ3v) is 4.32. The predicted molar refractivity (Wildman–Crippen MR) is 104 cm³/mol. The Balaban J connectivity index is 1.68. The van der Waals surface area contributed by atoms with Crippen LogP contribution < -0.4 is 5.32 Å². The van der Waals surface area contributed by atoms with E-state index in [2.05, 4.69) is 15.4 Å². The Bertz CT molecular complexity index is 1060. The van der Waals surface area contributed by atoms with Crippen LogP contribution in [0.5, 0.6) is 0 Å². The Morgan fingerprint density at radius 1 is 1.15 bits per heavy atom. The molecule has 6 heteroatoms. The maximum Gasteiger partial charge on any atom is 0.252 e. The number of aromatic nitrogens is 4. The number of carbonyl (C=O) groups is 1. The van der Waals surface area contributed by atoms with Crippen molar-refractivity contribution in [1.82, 2.24) is 25.1 Å². The molecule has 0 saturated carbocycles. The second-order valence-corrected chi connectivity index (χ2v) is 6.42. The van der Waals surface area contributed by atoms with E-state index in [0.717, 1.165) is 22.2 Å². The van der Waals surface area contributed by atoms with Crippen LogP contribution in [0.1, 0.15) is 17.3 Å². The number of benzene rings is 1. The van der Waals surface area contributed by atoms with Crippen LogP contribution >= 0.6 is 0 Å². The first-order valence-corrected chi connectivity index (χ1v) is 8.79. The highest BCUT2D eigenvalue weighted by atomic mass is 16.1. The summed E-state index contributed by atoms with van der Waals surface area (Å²) in [6.07, 6.45) is 7.07. The van der Waals surface area contributed by atoms with Gasteiger partial charge in [-0.1, -0.05) is 18.2 Å². The molecule has 1 aromatic carbocycles. The monoisotopic (exact) mass is 357 g/mol. The quantitative estimate of drug-likeness (QED) is 0.595. The van der Waals surface area contributed by atoms with Gasteiger partial charge in [-0.2, -0.15) is 5.10 Å². The van der Waals surface area contributed by atoms with E-state index in [1.807, 2.05) is 61.7 Å². The third kappa shape index (κ3) is 3.69. The van der Waals surface area contributed by atoms with E-state index in [1.165, 1.54) is 0 Å². The van der Waals surface area contributed by atoms with Gasteiger partial charge in [-0.05, 0) is 37.3 Å². The van der Waals surface area contributed by atoms with Crippen molar-refractivity contribution in [2.24, 2.45) is 0 Å². The van der Waals surface area contributed by atoms with Crippen LogP contribution in [0.25, 0.3) is 22.2 Å². The number of rotatable bonds is 5. The average Bonchev–Trinajstić information content (AvgIpc) is 3.20. The van der Waals surface area contributed by atoms with Crippen molar-refractivity contribution in [3.8, 4) is 11.3 Å². The summed E-state index contributed by atoms with van der Waals surface area (Å²) < 4.78 is 1.80. The van der Waals surface area contributed by atoms with E-state index in [4.69, 9.17) is 4.98 Å². The molecule has 1 unspecified atom stereocenters. The van der Waals surface area contributed by atoms with Gasteiger partial charge < -0.3 is 5.32 Å². The van der Waals surface area contributed by atoms with Crippen LogP contribution in [0.4, 0.5) is 0 Å². The lowest BCUT2D eigenvalue weighted by Gasteiger charge is -2.15. The number of nitrogens with zero attached hydrogens (tertiary/aromatic N) is 4. The molecule has 1 N–H and O–H groups in total. The highest BCUT2D eigenvalue weighted by Crippen LogP contribution is 2.24. The van der Waals surface area contributed by atoms with E-state index >= 15 is 0 Å². The van der Waals surface area contributed by atoms with Crippen molar-refractivity contribution in [3.05, 3.63) is 78.9 Å². The molecule has 0 aliphatic heterocycles. The minimum Gasteiger partial charge on any atom is -0.348 e. The molecule has 0 spiro atoms. The summed E-state index contributed by atoms with van der Waals surface area (Å²) >= 11 is 0. The van der Waals surface area contributed by atoms with Gasteiger partial charge in [-0.25, -0.2) is 4.98 Å². The molecule has 4 aromatic rings. The molecule has 134 valence electrons. The van der Waals surface area contributed by atoms with Crippen molar-refractivity contribution in [3.63, 3.8) is 0 Å². The lowest BCUT2D eigenvalue weighted by molar-refractivity contribution is 0.0937. The van der Waals surface area contributed by atoms with Crippen LogP contribution in [0, 0.1) is 0 Å². The van der Waals surface area contributed by atoms with E-state index in [9.17, 15) is 4.79 Å². The molecule has 27 heavy (non-hydrogen) atoms. The molecular weight excluding hydrogens is 338 g/mol. The fourth-order valence-electron chi connectivity index (χ4n) is 3.06. The van der Waals surface area contributed by atoms with Crippen LogP contribution in [0.3, 0.4) is 0 Å². The number of hydrogen-bond donors (Lipinski definition) is 1. The lowest BCUT2D eigenvalue weighted by atomic mass is 10.0. The first-order valence-electron chi connectivity index (χ1n) is 8.79. The van der Waals surface area contributed by atoms with Gasteiger partial charge in [0.05, 0.1) is 23.3 Å². The normalized spacial score (nSPS) is 12.0. The number of hydrogen-bond acceptors (Lipinski definition) is 4. The largest absolute Gasteiger partial charge is 0.348 e. The molecule has 0 aliphatic carbocycles. The first-order chi connectivity index (χ1) is 13.2. The number of fused-ring (bicyclic) bond motifs is 1. The fourth-order valence-corrected chi connectivity index (χ4v) is 3.06. The van der Waals surface area contributed by atoms with Gasteiger partial charge in [0, 0.05) is 41.8 Å². The number of para-hydroxylation sites is 1. The van der Waals surface area contributed by atoms with E-state index in [1.54, 1.807) is 23.3 Å². The van der Waals surface area contributed by atoms with Gasteiger partial charge >= 0.3 is 0 Å². The van der Waals surface area contributed by atoms with E-state index < -0.39 is 0 Å². The van der Waals surface area contributed by atoms with Crippen LogP contribution in [0.15, 0.2) is 73.3 Å². The Hall–Kier alpha value is -3.54. The minimum absolute atomic E-state index is 0.0637. The summed E-state index contributed by atoms with van der Waals surface area (Å²) in [5.74, 6) is -0.126. The molecule has 0 fully saturated rings. The van der Waals surface area contributed by atoms with Gasteiger partial charge in [0.1, 0.15) is 0 Å². The maximum atomic E-state index is 13.0. The van der Waals surface area contributed by atoms with Gasteiger partial charge in [0.25, 0.3) is 5.91 Å². The summed E-state index contributed by atoms with van der Waals surface area (Å²) in [7, 11) is 0. The molecule has 0 saturated heterocycles. The molecule has 0 bridgehead atoms. The van der Waals surface area contributed by atoms with Crippen molar-refractivity contribution >= 4 is 16.8 Å². The minimum atomic E-state index is -0.126. The van der Waals surface area contributed by atoms with Crippen molar-refractivity contribution in [2.45, 2.75) is 19.5 Å². The number of nitrogens with one attached hydrogen (secondary N) is 1. The highest BCUT2D eigenvalue weighted by molar-refractivity contribution is 6.07. The van der Waals surface area contributed by atoms with Crippen LogP contribution in [-0.4, -0.2) is 31.7 Å². The summed E-state index contributed by atoms with van der Waals surface area (Å²) in [5.41, 5.74) is 2.99. The topological polar surface area (TPSA) is 72.7 Å². The molecule has 3 heterocycles. The molecule has 6 nitrogen and oxygen atoms in total. The Morgan fingerprint density at radius 3 is 2.81 bits per heavy atom. The zero-order valence-electron chi connectivity index (χ0n) is 14.9. The fraction of sp³-hybridized carbons (Fsp3) is 0.143. The Morgan fingerprint density at radius 2 is 2.04 bits per heavy atom. The number of amides is 1. The van der Waals surface area contributed by atoms with Gasteiger partial charge in [-0.15, -0.1) is 0 Å². The molecule has 0 radical (unpaired) electrons. The molecule has 4 rings (SSSR count). The van der Waals surface area contributed by atoms with Crippen molar-refractivity contribution in [1.29, 1.82) is 0 Å². The van der Waals surface area contributed by atoms with Crippen molar-refractivity contribution in [2.75, 3.05) is 0 Å². The van der Waals surface area contributed by atoms with Crippen LogP contribution in [-0.2, 0) is 6.54 Å². The standard InChI is InChI=1S/C21H19N5O/c1-15(14-26-11-5-10-23-26)24-21(27)18-12-20(16-6-4-9-22-13-16)25-19-8-3-2-7-17(18)19/h2-13,15H,14H2,1H3,(H,24,27). The van der Waals surface area contributed by atoms with E-state index in [-0.39, 0.29) is 11.9 Å². The zero-order chi connectivity index (χ0) is 18.6. The molecule has 1 amide bonds. The first kappa shape index (κ1) is 16.9.